The van der Waals surface area contributed by atoms with Gasteiger partial charge in [-0.1, -0.05) is 6.07 Å². The molecule has 1 aliphatic heterocycles. The Hall–Kier alpha value is -3.73. The summed E-state index contributed by atoms with van der Waals surface area (Å²) in [7, 11) is 0. The molecule has 1 aliphatic rings. The van der Waals surface area contributed by atoms with Crippen molar-refractivity contribution in [2.45, 2.75) is 19.7 Å². The SMILES string of the molecule is N#Cc1cc(C(=O)N2CCn3nc(COc4cccc(F)c4)cc3C2)ccc1F. The third-order valence-corrected chi connectivity index (χ3v) is 4.65. The van der Waals surface area contributed by atoms with Crippen molar-refractivity contribution in [1.29, 1.82) is 5.26 Å². The number of halogens is 2. The highest BCUT2D eigenvalue weighted by atomic mass is 19.1. The predicted molar refractivity (Wildman–Crippen MR) is 98.8 cm³/mol. The van der Waals surface area contributed by atoms with Crippen LogP contribution in [0.3, 0.4) is 0 Å². The lowest BCUT2D eigenvalue weighted by molar-refractivity contribution is 0.0706. The van der Waals surface area contributed by atoms with E-state index in [9.17, 15) is 13.6 Å². The molecule has 0 fully saturated rings. The van der Waals surface area contributed by atoms with Crippen LogP contribution in [0.25, 0.3) is 0 Å². The van der Waals surface area contributed by atoms with E-state index in [1.165, 1.54) is 24.3 Å². The molecule has 0 bridgehead atoms. The number of rotatable bonds is 4. The summed E-state index contributed by atoms with van der Waals surface area (Å²) in [6.07, 6.45) is 0. The molecule has 146 valence electrons. The second kappa shape index (κ2) is 7.72. The van der Waals surface area contributed by atoms with Crippen LogP contribution >= 0.6 is 0 Å². The number of hydrogen-bond donors (Lipinski definition) is 0. The number of ether oxygens (including phenoxy) is 1. The lowest BCUT2D eigenvalue weighted by atomic mass is 10.1. The molecule has 8 heteroatoms. The first-order valence-electron chi connectivity index (χ1n) is 8.96. The van der Waals surface area contributed by atoms with Crippen LogP contribution in [0.5, 0.6) is 5.75 Å². The van der Waals surface area contributed by atoms with Gasteiger partial charge in [0.25, 0.3) is 5.91 Å². The first-order chi connectivity index (χ1) is 14.0. The van der Waals surface area contributed by atoms with Crippen LogP contribution in [0.4, 0.5) is 8.78 Å². The average Bonchev–Trinajstić information content (AvgIpc) is 3.14. The third-order valence-electron chi connectivity index (χ3n) is 4.65. The quantitative estimate of drug-likeness (QED) is 0.681. The second-order valence-electron chi connectivity index (χ2n) is 6.63. The standard InChI is InChI=1S/C21H16F2N4O2/c22-16-2-1-3-19(9-16)29-13-17-10-18-12-26(6-7-27(18)25-17)21(28)14-4-5-20(23)15(8-14)11-24/h1-5,8-10H,6-7,12-13H2. The molecule has 0 spiro atoms. The molecule has 29 heavy (non-hydrogen) atoms. The Morgan fingerprint density at radius 1 is 1.17 bits per heavy atom. The van der Waals surface area contributed by atoms with Crippen molar-refractivity contribution < 1.29 is 18.3 Å². The number of hydrogen-bond acceptors (Lipinski definition) is 4. The van der Waals surface area contributed by atoms with E-state index in [-0.39, 0.29) is 29.5 Å². The number of nitriles is 1. The molecule has 0 unspecified atom stereocenters. The topological polar surface area (TPSA) is 71.2 Å². The van der Waals surface area contributed by atoms with Crippen molar-refractivity contribution in [2.75, 3.05) is 6.54 Å². The van der Waals surface area contributed by atoms with Crippen molar-refractivity contribution in [1.82, 2.24) is 14.7 Å². The van der Waals surface area contributed by atoms with E-state index in [1.807, 2.05) is 6.07 Å². The largest absolute Gasteiger partial charge is 0.487 e. The molecular formula is C21H16F2N4O2. The highest BCUT2D eigenvalue weighted by molar-refractivity contribution is 5.94. The Kier molecular flexibility index (Phi) is 4.96. The highest BCUT2D eigenvalue weighted by Crippen LogP contribution is 2.19. The molecule has 2 heterocycles. The maximum atomic E-state index is 13.5. The van der Waals surface area contributed by atoms with E-state index >= 15 is 0 Å². The number of aromatic nitrogens is 2. The zero-order valence-electron chi connectivity index (χ0n) is 15.3. The molecular weight excluding hydrogens is 378 g/mol. The summed E-state index contributed by atoms with van der Waals surface area (Å²) in [4.78, 5) is 14.4. The zero-order valence-corrected chi connectivity index (χ0v) is 15.3. The summed E-state index contributed by atoms with van der Waals surface area (Å²) in [5.74, 6) is -0.881. The van der Waals surface area contributed by atoms with Gasteiger partial charge in [-0.3, -0.25) is 9.48 Å². The molecule has 0 saturated heterocycles. The number of benzene rings is 2. The predicted octanol–water partition coefficient (Wildman–Crippen LogP) is 3.27. The van der Waals surface area contributed by atoms with Crippen molar-refractivity contribution in [2.24, 2.45) is 0 Å². The minimum Gasteiger partial charge on any atom is -0.487 e. The van der Waals surface area contributed by atoms with Gasteiger partial charge in [0, 0.05) is 18.2 Å². The van der Waals surface area contributed by atoms with Gasteiger partial charge >= 0.3 is 0 Å². The number of nitrogens with zero attached hydrogens (tertiary/aromatic N) is 4. The van der Waals surface area contributed by atoms with E-state index in [0.29, 0.717) is 31.1 Å². The average molecular weight is 394 g/mol. The fourth-order valence-corrected chi connectivity index (χ4v) is 3.21. The van der Waals surface area contributed by atoms with Crippen LogP contribution in [0.1, 0.15) is 27.3 Å². The van der Waals surface area contributed by atoms with Crippen LogP contribution in [-0.2, 0) is 19.7 Å². The Balaban J connectivity index is 1.45. The van der Waals surface area contributed by atoms with E-state index in [4.69, 9.17) is 10.00 Å². The van der Waals surface area contributed by atoms with Gasteiger partial charge in [0.15, 0.2) is 0 Å². The summed E-state index contributed by atoms with van der Waals surface area (Å²) in [5.41, 5.74) is 1.62. The minimum atomic E-state index is -0.649. The summed E-state index contributed by atoms with van der Waals surface area (Å²) < 4.78 is 34.1. The fraction of sp³-hybridized carbons (Fsp3) is 0.190. The van der Waals surface area contributed by atoms with Crippen LogP contribution in [0, 0.1) is 23.0 Å². The highest BCUT2D eigenvalue weighted by Gasteiger charge is 2.24. The minimum absolute atomic E-state index is 0.158. The number of carbonyl (C=O) groups excluding carboxylic acids is 1. The summed E-state index contributed by atoms with van der Waals surface area (Å²) >= 11 is 0. The summed E-state index contributed by atoms with van der Waals surface area (Å²) in [5, 5.41) is 13.4. The third kappa shape index (κ3) is 3.94. The molecule has 0 saturated carbocycles. The molecule has 0 atom stereocenters. The smallest absolute Gasteiger partial charge is 0.254 e. The maximum absolute atomic E-state index is 13.5. The van der Waals surface area contributed by atoms with E-state index in [2.05, 4.69) is 5.10 Å². The molecule has 1 aromatic heterocycles. The Bertz CT molecular complexity index is 1120. The molecule has 1 amide bonds. The normalized spacial score (nSPS) is 12.9. The molecule has 2 aromatic carbocycles. The zero-order chi connectivity index (χ0) is 20.4. The van der Waals surface area contributed by atoms with E-state index in [1.54, 1.807) is 27.8 Å². The lowest BCUT2D eigenvalue weighted by Crippen LogP contribution is -2.38. The molecule has 0 radical (unpaired) electrons. The monoisotopic (exact) mass is 394 g/mol. The second-order valence-corrected chi connectivity index (χ2v) is 6.63. The van der Waals surface area contributed by atoms with Gasteiger partial charge in [0.1, 0.15) is 35.8 Å². The van der Waals surface area contributed by atoms with Crippen LogP contribution in [0.2, 0.25) is 0 Å². The lowest BCUT2D eigenvalue weighted by Gasteiger charge is -2.27. The Morgan fingerprint density at radius 2 is 2.03 bits per heavy atom. The van der Waals surface area contributed by atoms with Crippen molar-refractivity contribution in [3.63, 3.8) is 0 Å². The van der Waals surface area contributed by atoms with Crippen LogP contribution < -0.4 is 4.74 Å². The van der Waals surface area contributed by atoms with Gasteiger partial charge < -0.3 is 9.64 Å². The number of fused-ring (bicyclic) bond motifs is 1. The van der Waals surface area contributed by atoms with Gasteiger partial charge in [-0.15, -0.1) is 0 Å². The van der Waals surface area contributed by atoms with Crippen LogP contribution in [-0.4, -0.2) is 27.1 Å². The molecule has 6 nitrogen and oxygen atoms in total. The van der Waals surface area contributed by atoms with Crippen molar-refractivity contribution in [3.05, 3.63) is 82.7 Å². The van der Waals surface area contributed by atoms with Gasteiger partial charge in [0.05, 0.1) is 24.3 Å². The Labute approximate surface area is 165 Å². The first-order valence-corrected chi connectivity index (χ1v) is 8.96. The van der Waals surface area contributed by atoms with Gasteiger partial charge in [-0.25, -0.2) is 8.78 Å². The van der Waals surface area contributed by atoms with E-state index in [0.717, 1.165) is 11.8 Å². The summed E-state index contributed by atoms with van der Waals surface area (Å²) in [6.45, 7) is 1.47. The first kappa shape index (κ1) is 18.6. The number of amides is 1. The maximum Gasteiger partial charge on any atom is 0.254 e. The van der Waals surface area contributed by atoms with Crippen molar-refractivity contribution in [3.8, 4) is 11.8 Å². The van der Waals surface area contributed by atoms with Gasteiger partial charge in [-0.2, -0.15) is 10.4 Å². The molecule has 4 rings (SSSR count). The fourth-order valence-electron chi connectivity index (χ4n) is 3.21. The molecule has 3 aromatic rings. The molecule has 0 aliphatic carbocycles. The van der Waals surface area contributed by atoms with Gasteiger partial charge in [-0.05, 0) is 36.4 Å². The van der Waals surface area contributed by atoms with Crippen molar-refractivity contribution >= 4 is 5.91 Å². The molecule has 0 N–H and O–H groups in total. The van der Waals surface area contributed by atoms with E-state index < -0.39 is 5.82 Å². The van der Waals surface area contributed by atoms with Gasteiger partial charge in [0.2, 0.25) is 0 Å². The summed E-state index contributed by atoms with van der Waals surface area (Å²) in [6, 6.07) is 13.2. The Morgan fingerprint density at radius 3 is 2.83 bits per heavy atom. The van der Waals surface area contributed by atoms with Crippen LogP contribution in [0.15, 0.2) is 48.5 Å². The number of carbonyl (C=O) groups is 1.